The summed E-state index contributed by atoms with van der Waals surface area (Å²) in [4.78, 5) is 0. The molecule has 2 aromatic rings. The van der Waals surface area contributed by atoms with E-state index < -0.39 is 0 Å². The average Bonchev–Trinajstić information content (AvgIpc) is 2.49. The van der Waals surface area contributed by atoms with Gasteiger partial charge in [0.2, 0.25) is 0 Å². The van der Waals surface area contributed by atoms with Crippen molar-refractivity contribution in [2.45, 2.75) is 20.4 Å². The zero-order valence-corrected chi connectivity index (χ0v) is 13.9. The van der Waals surface area contributed by atoms with E-state index >= 15 is 0 Å². The summed E-state index contributed by atoms with van der Waals surface area (Å²) in [6, 6.07) is 14.0. The lowest BCUT2D eigenvalue weighted by Gasteiger charge is -2.13. The second kappa shape index (κ2) is 7.93. The van der Waals surface area contributed by atoms with Gasteiger partial charge in [0, 0.05) is 22.3 Å². The first kappa shape index (κ1) is 15.7. The molecule has 0 spiro atoms. The number of nitrogens with one attached hydrogen (secondary N) is 1. The summed E-state index contributed by atoms with van der Waals surface area (Å²) in [6.07, 6.45) is 0. The van der Waals surface area contributed by atoms with Gasteiger partial charge in [-0.05, 0) is 56.3 Å². The Bertz CT molecular complexity index is 570. The molecule has 0 heterocycles. The van der Waals surface area contributed by atoms with E-state index in [4.69, 9.17) is 9.47 Å². The minimum Gasteiger partial charge on any atom is -0.494 e. The van der Waals surface area contributed by atoms with Crippen LogP contribution in [0.3, 0.4) is 0 Å². The standard InChI is InChI=1S/C17H20BrNO2/c1-3-20-16-8-6-15(7-9-16)19-12-13-11-14(18)5-10-17(13)21-4-2/h5-11,19H,3-4,12H2,1-2H3. The molecular formula is C17H20BrNO2. The number of hydrogen-bond acceptors (Lipinski definition) is 3. The van der Waals surface area contributed by atoms with Crippen LogP contribution in [0.2, 0.25) is 0 Å². The van der Waals surface area contributed by atoms with Crippen molar-refractivity contribution in [1.82, 2.24) is 0 Å². The van der Waals surface area contributed by atoms with Crippen LogP contribution in [0.4, 0.5) is 5.69 Å². The molecule has 0 saturated heterocycles. The monoisotopic (exact) mass is 349 g/mol. The molecule has 0 aliphatic carbocycles. The fourth-order valence-corrected chi connectivity index (χ4v) is 2.42. The van der Waals surface area contributed by atoms with Crippen molar-refractivity contribution in [3.63, 3.8) is 0 Å². The summed E-state index contributed by atoms with van der Waals surface area (Å²) in [5.74, 6) is 1.81. The molecule has 21 heavy (non-hydrogen) atoms. The minimum atomic E-state index is 0.664. The summed E-state index contributed by atoms with van der Waals surface area (Å²) in [7, 11) is 0. The third-order valence-electron chi connectivity index (χ3n) is 2.97. The highest BCUT2D eigenvalue weighted by atomic mass is 79.9. The molecule has 0 bridgehead atoms. The van der Waals surface area contributed by atoms with E-state index in [0.717, 1.165) is 27.2 Å². The van der Waals surface area contributed by atoms with Crippen molar-refractivity contribution in [3.05, 3.63) is 52.5 Å². The maximum Gasteiger partial charge on any atom is 0.124 e. The normalized spacial score (nSPS) is 10.2. The second-order valence-corrected chi connectivity index (χ2v) is 5.41. The lowest BCUT2D eigenvalue weighted by Crippen LogP contribution is -2.03. The average molecular weight is 350 g/mol. The Labute approximate surface area is 134 Å². The SMILES string of the molecule is CCOc1ccc(NCc2cc(Br)ccc2OCC)cc1. The van der Waals surface area contributed by atoms with E-state index in [1.807, 2.05) is 50.2 Å². The summed E-state index contributed by atoms with van der Waals surface area (Å²) in [5, 5.41) is 3.40. The maximum atomic E-state index is 5.65. The lowest BCUT2D eigenvalue weighted by atomic mass is 10.2. The summed E-state index contributed by atoms with van der Waals surface area (Å²) in [6.45, 7) is 6.03. The third kappa shape index (κ3) is 4.67. The van der Waals surface area contributed by atoms with Gasteiger partial charge in [-0.3, -0.25) is 0 Å². The van der Waals surface area contributed by atoms with Crippen molar-refractivity contribution in [1.29, 1.82) is 0 Å². The van der Waals surface area contributed by atoms with Gasteiger partial charge < -0.3 is 14.8 Å². The first-order valence-electron chi connectivity index (χ1n) is 7.11. The van der Waals surface area contributed by atoms with E-state index in [9.17, 15) is 0 Å². The molecule has 4 heteroatoms. The lowest BCUT2D eigenvalue weighted by molar-refractivity contribution is 0.337. The van der Waals surface area contributed by atoms with Gasteiger partial charge in [0.05, 0.1) is 13.2 Å². The van der Waals surface area contributed by atoms with Gasteiger partial charge in [-0.1, -0.05) is 15.9 Å². The van der Waals surface area contributed by atoms with E-state index in [0.29, 0.717) is 19.8 Å². The van der Waals surface area contributed by atoms with Gasteiger partial charge >= 0.3 is 0 Å². The van der Waals surface area contributed by atoms with Crippen molar-refractivity contribution in [2.75, 3.05) is 18.5 Å². The van der Waals surface area contributed by atoms with Gasteiger partial charge in [0.15, 0.2) is 0 Å². The van der Waals surface area contributed by atoms with Crippen LogP contribution < -0.4 is 14.8 Å². The van der Waals surface area contributed by atoms with Gasteiger partial charge in [0.25, 0.3) is 0 Å². The number of rotatable bonds is 7. The van der Waals surface area contributed by atoms with E-state index in [1.165, 1.54) is 0 Å². The van der Waals surface area contributed by atoms with Crippen molar-refractivity contribution < 1.29 is 9.47 Å². The molecule has 0 radical (unpaired) electrons. The zero-order chi connectivity index (χ0) is 15.1. The number of benzene rings is 2. The van der Waals surface area contributed by atoms with Crippen molar-refractivity contribution in [3.8, 4) is 11.5 Å². The van der Waals surface area contributed by atoms with Gasteiger partial charge in [-0.15, -0.1) is 0 Å². The Balaban J connectivity index is 2.03. The fraction of sp³-hybridized carbons (Fsp3) is 0.294. The van der Waals surface area contributed by atoms with Gasteiger partial charge in [0.1, 0.15) is 11.5 Å². The van der Waals surface area contributed by atoms with E-state index in [1.54, 1.807) is 0 Å². The highest BCUT2D eigenvalue weighted by molar-refractivity contribution is 9.10. The molecule has 2 aromatic carbocycles. The third-order valence-corrected chi connectivity index (χ3v) is 3.46. The van der Waals surface area contributed by atoms with Gasteiger partial charge in [-0.25, -0.2) is 0 Å². The molecule has 112 valence electrons. The number of ether oxygens (including phenoxy) is 2. The zero-order valence-electron chi connectivity index (χ0n) is 12.4. The maximum absolute atomic E-state index is 5.65. The van der Waals surface area contributed by atoms with Crippen LogP contribution in [0.1, 0.15) is 19.4 Å². The molecule has 3 nitrogen and oxygen atoms in total. The smallest absolute Gasteiger partial charge is 0.124 e. The van der Waals surface area contributed by atoms with Crippen LogP contribution in [0.5, 0.6) is 11.5 Å². The largest absolute Gasteiger partial charge is 0.494 e. The first-order chi connectivity index (χ1) is 10.2. The molecule has 0 aromatic heterocycles. The first-order valence-corrected chi connectivity index (χ1v) is 7.90. The van der Waals surface area contributed by atoms with Crippen LogP contribution >= 0.6 is 15.9 Å². The van der Waals surface area contributed by atoms with Crippen LogP contribution in [0.25, 0.3) is 0 Å². The molecule has 0 aliphatic rings. The molecular weight excluding hydrogens is 330 g/mol. The molecule has 0 unspecified atom stereocenters. The van der Waals surface area contributed by atoms with Gasteiger partial charge in [-0.2, -0.15) is 0 Å². The predicted octanol–water partition coefficient (Wildman–Crippen LogP) is 4.86. The molecule has 0 amide bonds. The van der Waals surface area contributed by atoms with Crippen LogP contribution in [0.15, 0.2) is 46.9 Å². The Kier molecular flexibility index (Phi) is 5.93. The Hall–Kier alpha value is -1.68. The van der Waals surface area contributed by atoms with Crippen LogP contribution in [-0.2, 0) is 6.54 Å². The quantitative estimate of drug-likeness (QED) is 0.774. The fourth-order valence-electron chi connectivity index (χ4n) is 2.02. The molecule has 2 rings (SSSR count). The molecule has 1 N–H and O–H groups in total. The predicted molar refractivity (Wildman–Crippen MR) is 90.2 cm³/mol. The second-order valence-electron chi connectivity index (χ2n) is 4.50. The highest BCUT2D eigenvalue weighted by Gasteiger charge is 2.04. The molecule has 0 fully saturated rings. The van der Waals surface area contributed by atoms with E-state index in [2.05, 4.69) is 27.3 Å². The number of anilines is 1. The van der Waals surface area contributed by atoms with E-state index in [-0.39, 0.29) is 0 Å². The van der Waals surface area contributed by atoms with Crippen LogP contribution in [0, 0.1) is 0 Å². The van der Waals surface area contributed by atoms with Crippen molar-refractivity contribution in [2.24, 2.45) is 0 Å². The summed E-state index contributed by atoms with van der Waals surface area (Å²) >= 11 is 3.50. The topological polar surface area (TPSA) is 30.5 Å². The summed E-state index contributed by atoms with van der Waals surface area (Å²) < 4.78 is 12.1. The number of hydrogen-bond donors (Lipinski definition) is 1. The molecule has 0 aliphatic heterocycles. The Morgan fingerprint density at radius 3 is 2.33 bits per heavy atom. The molecule has 0 atom stereocenters. The highest BCUT2D eigenvalue weighted by Crippen LogP contribution is 2.25. The Morgan fingerprint density at radius 1 is 0.952 bits per heavy atom. The number of halogens is 1. The summed E-state index contributed by atoms with van der Waals surface area (Å²) in [5.41, 5.74) is 2.18. The Morgan fingerprint density at radius 2 is 1.67 bits per heavy atom. The van der Waals surface area contributed by atoms with Crippen molar-refractivity contribution >= 4 is 21.6 Å². The minimum absolute atomic E-state index is 0.664. The molecule has 0 saturated carbocycles. The van der Waals surface area contributed by atoms with Crippen LogP contribution in [-0.4, -0.2) is 13.2 Å².